The number of ether oxygens (including phenoxy) is 1. The zero-order valence-corrected chi connectivity index (χ0v) is 16.3. The van der Waals surface area contributed by atoms with Gasteiger partial charge in [-0.1, -0.05) is 30.3 Å². The van der Waals surface area contributed by atoms with Crippen LogP contribution < -0.4 is 15.9 Å². The van der Waals surface area contributed by atoms with Crippen molar-refractivity contribution in [3.05, 3.63) is 66.0 Å². The van der Waals surface area contributed by atoms with Crippen molar-refractivity contribution < 1.29 is 23.5 Å². The van der Waals surface area contributed by atoms with Gasteiger partial charge in [0.25, 0.3) is 5.91 Å². The van der Waals surface area contributed by atoms with Crippen LogP contribution in [0.1, 0.15) is 18.9 Å². The van der Waals surface area contributed by atoms with Crippen LogP contribution in [0.4, 0.5) is 10.1 Å². The molecule has 1 aliphatic heterocycles. The monoisotopic (exact) mass is 412 g/mol. The molecule has 0 saturated heterocycles. The maximum atomic E-state index is 13.0. The largest absolute Gasteiger partial charge is 0.461 e. The van der Waals surface area contributed by atoms with Crippen LogP contribution >= 0.6 is 0 Å². The summed E-state index contributed by atoms with van der Waals surface area (Å²) in [5.74, 6) is -1.98. The SMILES string of the molecule is CCOC(=O)C1=NN(c2ccccc2)C(C(=O)NNC(=O)Cc2ccc(F)cc2)C1. The molecular weight excluding hydrogens is 391 g/mol. The standard InChI is InChI=1S/C21H21FN4O4/c1-2-30-21(29)17-13-18(26(25-17)16-6-4-3-5-7-16)20(28)24-23-19(27)12-14-8-10-15(22)11-9-14/h3-11,18H,2,12-13H2,1H3,(H,23,27)(H,24,28). The summed E-state index contributed by atoms with van der Waals surface area (Å²) < 4.78 is 17.9. The lowest BCUT2D eigenvalue weighted by molar-refractivity contribution is -0.135. The number of anilines is 1. The van der Waals surface area contributed by atoms with Gasteiger partial charge in [0.05, 0.1) is 18.7 Å². The first kappa shape index (κ1) is 21.0. The molecule has 0 bridgehead atoms. The fraction of sp³-hybridized carbons (Fsp3) is 0.238. The first-order valence-corrected chi connectivity index (χ1v) is 9.40. The number of hydrazone groups is 1. The Morgan fingerprint density at radius 2 is 1.80 bits per heavy atom. The summed E-state index contributed by atoms with van der Waals surface area (Å²) >= 11 is 0. The van der Waals surface area contributed by atoms with Gasteiger partial charge in [-0.25, -0.2) is 9.18 Å². The lowest BCUT2D eigenvalue weighted by atomic mass is 10.1. The molecule has 8 nitrogen and oxygen atoms in total. The fourth-order valence-electron chi connectivity index (χ4n) is 2.92. The molecule has 1 atom stereocenters. The first-order chi connectivity index (χ1) is 14.5. The Hall–Kier alpha value is -3.75. The zero-order chi connectivity index (χ0) is 21.5. The molecule has 0 spiro atoms. The van der Waals surface area contributed by atoms with Crippen molar-refractivity contribution in [3.8, 4) is 0 Å². The van der Waals surface area contributed by atoms with Crippen LogP contribution in [0.5, 0.6) is 0 Å². The van der Waals surface area contributed by atoms with Gasteiger partial charge < -0.3 is 4.74 Å². The number of carbonyl (C=O) groups excluding carboxylic acids is 3. The molecule has 1 aliphatic rings. The highest BCUT2D eigenvalue weighted by Crippen LogP contribution is 2.24. The van der Waals surface area contributed by atoms with Crippen LogP contribution in [-0.4, -0.2) is 36.1 Å². The number of rotatable bonds is 6. The minimum atomic E-state index is -0.835. The molecule has 2 N–H and O–H groups in total. The Balaban J connectivity index is 1.64. The smallest absolute Gasteiger partial charge is 0.354 e. The Morgan fingerprint density at radius 1 is 1.10 bits per heavy atom. The summed E-state index contributed by atoms with van der Waals surface area (Å²) in [6, 6.07) is 13.6. The second-order valence-electron chi connectivity index (χ2n) is 6.51. The Bertz CT molecular complexity index is 947. The van der Waals surface area contributed by atoms with E-state index in [-0.39, 0.29) is 25.2 Å². The number of hydrogen-bond donors (Lipinski definition) is 2. The van der Waals surface area contributed by atoms with E-state index in [1.165, 1.54) is 29.3 Å². The third-order valence-electron chi connectivity index (χ3n) is 4.35. The van der Waals surface area contributed by atoms with Crippen LogP contribution in [0.25, 0.3) is 0 Å². The highest BCUT2D eigenvalue weighted by atomic mass is 19.1. The van der Waals surface area contributed by atoms with Gasteiger partial charge in [-0.15, -0.1) is 0 Å². The molecule has 2 aromatic rings. The molecule has 0 radical (unpaired) electrons. The summed E-state index contributed by atoms with van der Waals surface area (Å²) in [5, 5.41) is 5.67. The second kappa shape index (κ2) is 9.64. The summed E-state index contributed by atoms with van der Waals surface area (Å²) in [7, 11) is 0. The van der Waals surface area contributed by atoms with Crippen LogP contribution in [0.15, 0.2) is 59.7 Å². The molecule has 1 heterocycles. The van der Waals surface area contributed by atoms with Gasteiger partial charge in [0.1, 0.15) is 17.6 Å². The van der Waals surface area contributed by atoms with Crippen molar-refractivity contribution in [2.45, 2.75) is 25.8 Å². The number of benzene rings is 2. The number of carbonyl (C=O) groups is 3. The summed E-state index contributed by atoms with van der Waals surface area (Å²) in [5.41, 5.74) is 6.05. The predicted octanol–water partition coefficient (Wildman–Crippen LogP) is 1.71. The normalized spacial score (nSPS) is 15.3. The minimum Gasteiger partial charge on any atom is -0.461 e. The number of hydrogen-bond acceptors (Lipinski definition) is 6. The third kappa shape index (κ3) is 5.19. The van der Waals surface area contributed by atoms with Crippen LogP contribution in [0.2, 0.25) is 0 Å². The van der Waals surface area contributed by atoms with E-state index in [1.807, 2.05) is 6.07 Å². The van der Waals surface area contributed by atoms with E-state index < -0.39 is 29.6 Å². The topological polar surface area (TPSA) is 100 Å². The highest BCUT2D eigenvalue weighted by molar-refractivity contribution is 6.38. The molecule has 0 fully saturated rings. The van der Waals surface area contributed by atoms with E-state index >= 15 is 0 Å². The Kier molecular flexibility index (Phi) is 6.74. The van der Waals surface area contributed by atoms with Gasteiger partial charge in [0.15, 0.2) is 0 Å². The first-order valence-electron chi connectivity index (χ1n) is 9.40. The van der Waals surface area contributed by atoms with E-state index in [0.29, 0.717) is 11.3 Å². The lowest BCUT2D eigenvalue weighted by Crippen LogP contribution is -2.50. The maximum Gasteiger partial charge on any atom is 0.354 e. The van der Waals surface area contributed by atoms with Crippen LogP contribution in [0.3, 0.4) is 0 Å². The van der Waals surface area contributed by atoms with E-state index in [9.17, 15) is 18.8 Å². The van der Waals surface area contributed by atoms with Crippen LogP contribution in [-0.2, 0) is 25.5 Å². The third-order valence-corrected chi connectivity index (χ3v) is 4.35. The van der Waals surface area contributed by atoms with Gasteiger partial charge in [-0.3, -0.25) is 25.4 Å². The quantitative estimate of drug-likeness (QED) is 0.556. The van der Waals surface area contributed by atoms with Gasteiger partial charge in [-0.05, 0) is 36.8 Å². The number of nitrogens with one attached hydrogen (secondary N) is 2. The Labute approximate surface area is 172 Å². The zero-order valence-electron chi connectivity index (χ0n) is 16.3. The summed E-state index contributed by atoms with van der Waals surface area (Å²) in [6.07, 6.45) is 0.00555. The second-order valence-corrected chi connectivity index (χ2v) is 6.51. The molecule has 1 unspecified atom stereocenters. The molecule has 2 aromatic carbocycles. The van der Waals surface area contributed by atoms with E-state index in [0.717, 1.165) is 0 Å². The van der Waals surface area contributed by atoms with Crippen molar-refractivity contribution in [1.82, 2.24) is 10.9 Å². The molecule has 9 heteroatoms. The summed E-state index contributed by atoms with van der Waals surface area (Å²) in [4.78, 5) is 36.9. The molecule has 3 rings (SSSR count). The van der Waals surface area contributed by atoms with Gasteiger partial charge >= 0.3 is 5.97 Å². The molecule has 156 valence electrons. The number of hydrazine groups is 1. The van der Waals surface area contributed by atoms with Crippen molar-refractivity contribution >= 4 is 29.2 Å². The summed E-state index contributed by atoms with van der Waals surface area (Å²) in [6.45, 7) is 1.88. The van der Waals surface area contributed by atoms with E-state index in [4.69, 9.17) is 4.74 Å². The average Bonchev–Trinajstić information content (AvgIpc) is 3.20. The van der Waals surface area contributed by atoms with Gasteiger partial charge in [0, 0.05) is 6.42 Å². The molecular formula is C21H21FN4O4. The molecule has 2 amide bonds. The molecule has 0 aromatic heterocycles. The van der Waals surface area contributed by atoms with Crippen molar-refractivity contribution in [2.75, 3.05) is 11.6 Å². The highest BCUT2D eigenvalue weighted by Gasteiger charge is 2.37. The fourth-order valence-corrected chi connectivity index (χ4v) is 2.92. The number of nitrogens with zero attached hydrogens (tertiary/aromatic N) is 2. The van der Waals surface area contributed by atoms with Gasteiger partial charge in [-0.2, -0.15) is 5.10 Å². The van der Waals surface area contributed by atoms with Crippen molar-refractivity contribution in [3.63, 3.8) is 0 Å². The molecule has 0 aliphatic carbocycles. The molecule has 30 heavy (non-hydrogen) atoms. The van der Waals surface area contributed by atoms with E-state index in [1.54, 1.807) is 31.2 Å². The van der Waals surface area contributed by atoms with Crippen molar-refractivity contribution in [2.24, 2.45) is 5.10 Å². The predicted molar refractivity (Wildman–Crippen MR) is 108 cm³/mol. The number of halogens is 1. The van der Waals surface area contributed by atoms with Crippen LogP contribution in [0, 0.1) is 5.82 Å². The Morgan fingerprint density at radius 3 is 2.47 bits per heavy atom. The minimum absolute atomic E-state index is 0.0296. The maximum absolute atomic E-state index is 13.0. The number of esters is 1. The number of amides is 2. The van der Waals surface area contributed by atoms with E-state index in [2.05, 4.69) is 16.0 Å². The average molecular weight is 412 g/mol. The lowest BCUT2D eigenvalue weighted by Gasteiger charge is -2.22. The molecule has 0 saturated carbocycles. The number of para-hydroxylation sites is 1. The van der Waals surface area contributed by atoms with Gasteiger partial charge in [0.2, 0.25) is 5.91 Å². The van der Waals surface area contributed by atoms with Crippen molar-refractivity contribution in [1.29, 1.82) is 0 Å².